The molecule has 3 heterocycles. The van der Waals surface area contributed by atoms with Gasteiger partial charge in [-0.15, -0.1) is 0 Å². The van der Waals surface area contributed by atoms with Crippen molar-refractivity contribution >= 4 is 89.2 Å². The number of furan rings is 1. The first-order valence-electron chi connectivity index (χ1n) is 16.0. The van der Waals surface area contributed by atoms with Gasteiger partial charge in [0.25, 0.3) is 0 Å². The normalized spacial score (nSPS) is 14.9. The second-order valence-corrected chi connectivity index (χ2v) is 12.2. The molecule has 5 nitrogen and oxygen atoms in total. The second kappa shape index (κ2) is 10.3. The van der Waals surface area contributed by atoms with E-state index in [4.69, 9.17) is 14.1 Å². The van der Waals surface area contributed by atoms with Crippen molar-refractivity contribution in [3.05, 3.63) is 151 Å². The van der Waals surface area contributed by atoms with Gasteiger partial charge in [-0.1, -0.05) is 109 Å². The number of nitrogens with zero attached hydrogens (tertiary/aromatic N) is 3. The fourth-order valence-electron chi connectivity index (χ4n) is 7.47. The Morgan fingerprint density at radius 3 is 2.17 bits per heavy atom. The predicted molar refractivity (Wildman–Crippen MR) is 199 cm³/mol. The van der Waals surface area contributed by atoms with Crippen molar-refractivity contribution in [3.63, 3.8) is 0 Å². The van der Waals surface area contributed by atoms with E-state index >= 15 is 0 Å². The van der Waals surface area contributed by atoms with E-state index in [0.717, 1.165) is 71.9 Å². The van der Waals surface area contributed by atoms with Crippen LogP contribution >= 0.6 is 0 Å². The van der Waals surface area contributed by atoms with Crippen molar-refractivity contribution in [2.45, 2.75) is 6.67 Å². The molecule has 5 heteroatoms. The Morgan fingerprint density at radius 1 is 0.604 bits per heavy atom. The molecule has 48 heavy (non-hydrogen) atoms. The van der Waals surface area contributed by atoms with Crippen LogP contribution in [0.2, 0.25) is 0 Å². The lowest BCUT2D eigenvalue weighted by atomic mass is 10.0. The molecule has 10 rings (SSSR count). The van der Waals surface area contributed by atoms with Gasteiger partial charge in [0, 0.05) is 32.7 Å². The van der Waals surface area contributed by atoms with Crippen molar-refractivity contribution in [1.82, 2.24) is 4.57 Å². The number of para-hydroxylation sites is 1. The highest BCUT2D eigenvalue weighted by Gasteiger charge is 2.29. The summed E-state index contributed by atoms with van der Waals surface area (Å²) in [4.78, 5) is 9.78. The number of hydrogen-bond acceptors (Lipinski definition) is 4. The minimum Gasteiger partial charge on any atom is -0.456 e. The van der Waals surface area contributed by atoms with Gasteiger partial charge < -0.3 is 13.7 Å². The number of fused-ring (bicyclic) bond motifs is 11. The first-order chi connectivity index (χ1) is 23.8. The monoisotopic (exact) mass is 617 g/mol. The van der Waals surface area contributed by atoms with Gasteiger partial charge >= 0.3 is 0 Å². The highest BCUT2D eigenvalue weighted by atomic mass is 16.5. The van der Waals surface area contributed by atoms with E-state index in [0.29, 0.717) is 12.6 Å². The fraction of sp³-hybridized carbons (Fsp3) is 0.0233. The Balaban J connectivity index is 1.28. The van der Waals surface area contributed by atoms with Crippen LogP contribution in [0.1, 0.15) is 11.1 Å². The third-order valence-electron chi connectivity index (χ3n) is 9.58. The van der Waals surface area contributed by atoms with Gasteiger partial charge in [0.15, 0.2) is 0 Å². The molecular weight excluding hydrogens is 590 g/mol. The van der Waals surface area contributed by atoms with E-state index in [1.54, 1.807) is 0 Å². The maximum atomic E-state index is 6.54. The molecule has 226 valence electrons. The van der Waals surface area contributed by atoms with Gasteiger partial charge in [-0.2, -0.15) is 0 Å². The van der Waals surface area contributed by atoms with Crippen LogP contribution in [-0.2, 0) is 6.67 Å². The molecule has 0 bridgehead atoms. The molecule has 0 saturated heterocycles. The number of rotatable bonds is 4. The molecule has 0 radical (unpaired) electrons. The maximum absolute atomic E-state index is 6.54. The zero-order chi connectivity index (χ0) is 31.8. The molecule has 0 N–H and O–H groups in total. The highest BCUT2D eigenvalue weighted by molar-refractivity contribution is 6.31. The average Bonchev–Trinajstić information content (AvgIpc) is 3.79. The van der Waals surface area contributed by atoms with Gasteiger partial charge in [0.1, 0.15) is 23.6 Å². The molecule has 7 aromatic carbocycles. The van der Waals surface area contributed by atoms with Crippen LogP contribution in [0.4, 0.5) is 0 Å². The second-order valence-electron chi connectivity index (χ2n) is 12.2. The quantitative estimate of drug-likeness (QED) is 0.185. The van der Waals surface area contributed by atoms with Crippen LogP contribution in [0, 0.1) is 0 Å². The van der Waals surface area contributed by atoms with Crippen LogP contribution in [0.25, 0.3) is 76.6 Å². The van der Waals surface area contributed by atoms with Crippen molar-refractivity contribution in [3.8, 4) is 5.75 Å². The fourth-order valence-corrected chi connectivity index (χ4v) is 7.47. The van der Waals surface area contributed by atoms with Crippen LogP contribution < -0.4 is 4.74 Å². The summed E-state index contributed by atoms with van der Waals surface area (Å²) in [5.74, 6) is 1.28. The lowest BCUT2D eigenvalue weighted by Crippen LogP contribution is -2.08. The zero-order valence-corrected chi connectivity index (χ0v) is 25.9. The summed E-state index contributed by atoms with van der Waals surface area (Å²) < 4.78 is 15.4. The maximum Gasteiger partial charge on any atom is 0.226 e. The summed E-state index contributed by atoms with van der Waals surface area (Å²) in [7, 11) is 0. The van der Waals surface area contributed by atoms with E-state index < -0.39 is 0 Å². The van der Waals surface area contributed by atoms with Gasteiger partial charge in [0.2, 0.25) is 5.90 Å². The first-order valence-corrected chi connectivity index (χ1v) is 16.0. The Labute approximate surface area is 275 Å². The zero-order valence-electron chi connectivity index (χ0n) is 25.9. The summed E-state index contributed by atoms with van der Waals surface area (Å²) >= 11 is 0. The Kier molecular flexibility index (Phi) is 5.72. The molecule has 2 aromatic heterocycles. The molecule has 9 aromatic rings. The Morgan fingerprint density at radius 2 is 1.31 bits per heavy atom. The average molecular weight is 618 g/mol. The summed E-state index contributed by atoms with van der Waals surface area (Å²) in [5.41, 5.74) is 7.41. The van der Waals surface area contributed by atoms with Gasteiger partial charge in [-0.3, -0.25) is 4.99 Å². The molecular formula is C43H27N3O2. The number of hydrogen-bond donors (Lipinski definition) is 0. The van der Waals surface area contributed by atoms with Gasteiger partial charge in [-0.05, 0) is 53.2 Å². The molecule has 0 aliphatic carbocycles. The van der Waals surface area contributed by atoms with Crippen molar-refractivity contribution in [2.75, 3.05) is 0 Å². The van der Waals surface area contributed by atoms with Crippen LogP contribution in [-0.4, -0.2) is 17.2 Å². The van der Waals surface area contributed by atoms with Crippen molar-refractivity contribution in [1.29, 1.82) is 0 Å². The van der Waals surface area contributed by atoms with Gasteiger partial charge in [-0.25, -0.2) is 4.99 Å². The topological polar surface area (TPSA) is 52.0 Å². The largest absolute Gasteiger partial charge is 0.456 e. The molecule has 0 fully saturated rings. The van der Waals surface area contributed by atoms with E-state index in [-0.39, 0.29) is 0 Å². The summed E-state index contributed by atoms with van der Waals surface area (Å²) in [6.07, 6.45) is 0. The highest BCUT2D eigenvalue weighted by Crippen LogP contribution is 2.43. The molecule has 0 saturated carbocycles. The SMILES string of the molecule is C=N/C(=C1\C(=N/Cn2c3c4ccccc4ccc3c3ccc4oc5cc6ccccc6cc5c4c32)Oc2ccccc21)c1ccccc1. The smallest absolute Gasteiger partial charge is 0.226 e. The third kappa shape index (κ3) is 3.85. The minimum absolute atomic E-state index is 0.319. The van der Waals surface area contributed by atoms with Crippen LogP contribution in [0.3, 0.4) is 0 Å². The van der Waals surface area contributed by atoms with Crippen molar-refractivity contribution in [2.24, 2.45) is 9.98 Å². The molecule has 0 atom stereocenters. The number of ether oxygens (including phenoxy) is 1. The van der Waals surface area contributed by atoms with Gasteiger partial charge in [0.05, 0.1) is 27.7 Å². The molecule has 0 spiro atoms. The standard InChI is InChI=1S/C43H27N3O2/c1-44-40(27-12-3-2-4-13-27)39-33-17-9-10-18-35(33)48-43(39)45-25-46-41-30-16-8-7-11-26(30)19-20-31(41)32-21-22-36-38(42(32)46)34-23-28-14-5-6-15-29(28)24-37(34)47-36/h2-24H,1,25H2/b40-39-,45-43+. The minimum atomic E-state index is 0.319. The van der Waals surface area contributed by atoms with Crippen molar-refractivity contribution < 1.29 is 9.15 Å². The van der Waals surface area contributed by atoms with E-state index in [1.165, 1.54) is 21.5 Å². The van der Waals surface area contributed by atoms with E-state index in [2.05, 4.69) is 107 Å². The number of benzene rings is 7. The Hall–Kier alpha value is -6.46. The predicted octanol–water partition coefficient (Wildman–Crippen LogP) is 11.0. The third-order valence-corrected chi connectivity index (χ3v) is 9.58. The lowest BCUT2D eigenvalue weighted by Gasteiger charge is -2.10. The van der Waals surface area contributed by atoms with E-state index in [1.807, 2.05) is 48.5 Å². The lowest BCUT2D eigenvalue weighted by molar-refractivity contribution is 0.561. The molecule has 1 aliphatic heterocycles. The van der Waals surface area contributed by atoms with Crippen LogP contribution in [0.5, 0.6) is 5.75 Å². The molecule has 0 amide bonds. The summed E-state index contributed by atoms with van der Waals surface area (Å²) in [5, 5.41) is 9.17. The first kappa shape index (κ1) is 26.7. The Bertz CT molecular complexity index is 2850. The summed E-state index contributed by atoms with van der Waals surface area (Å²) in [6.45, 7) is 4.28. The number of aliphatic imine (C=N–C) groups is 2. The van der Waals surface area contributed by atoms with E-state index in [9.17, 15) is 0 Å². The van der Waals surface area contributed by atoms with Crippen LogP contribution in [0.15, 0.2) is 154 Å². The molecule has 0 unspecified atom stereocenters. The number of aromatic nitrogens is 1. The summed E-state index contributed by atoms with van der Waals surface area (Å²) in [6, 6.07) is 48.2. The molecule has 1 aliphatic rings.